The lowest BCUT2D eigenvalue weighted by atomic mass is 10.2. The van der Waals surface area contributed by atoms with E-state index in [9.17, 15) is 9.18 Å². The fourth-order valence-corrected chi connectivity index (χ4v) is 2.53. The molecule has 1 heterocycles. The molecule has 0 aliphatic carbocycles. The summed E-state index contributed by atoms with van der Waals surface area (Å²) in [6, 6.07) is 4.11. The molecule has 2 rings (SSSR count). The molecule has 1 aromatic heterocycles. The summed E-state index contributed by atoms with van der Waals surface area (Å²) in [7, 11) is 0. The summed E-state index contributed by atoms with van der Waals surface area (Å²) in [5.74, 6) is -0.391. The van der Waals surface area contributed by atoms with E-state index < -0.39 is 5.82 Å². The second-order valence-electron chi connectivity index (χ2n) is 3.20. The molecule has 1 aromatic carbocycles. The molecule has 0 aliphatic rings. The van der Waals surface area contributed by atoms with E-state index >= 15 is 0 Å². The first-order chi connectivity index (χ1) is 7.61. The molecule has 0 aliphatic heterocycles. The van der Waals surface area contributed by atoms with Crippen molar-refractivity contribution in [2.24, 2.45) is 0 Å². The van der Waals surface area contributed by atoms with Gasteiger partial charge in [0.05, 0.1) is 5.02 Å². The summed E-state index contributed by atoms with van der Waals surface area (Å²) in [6.07, 6.45) is 0.701. The number of thiazole rings is 1. The van der Waals surface area contributed by atoms with E-state index in [1.54, 1.807) is 6.07 Å². The predicted molar refractivity (Wildman–Crippen MR) is 62.6 cm³/mol. The molecule has 2 aromatic rings. The zero-order valence-electron chi connectivity index (χ0n) is 8.33. The van der Waals surface area contributed by atoms with Gasteiger partial charge in [0, 0.05) is 10.4 Å². The Morgan fingerprint density at radius 1 is 1.50 bits per heavy atom. The van der Waals surface area contributed by atoms with Crippen LogP contribution in [0.25, 0.3) is 10.6 Å². The van der Waals surface area contributed by atoms with Crippen LogP contribution >= 0.6 is 22.9 Å². The van der Waals surface area contributed by atoms with E-state index in [0.29, 0.717) is 27.6 Å². The monoisotopic (exact) mass is 255 g/mol. The average Bonchev–Trinajstić information content (AvgIpc) is 2.59. The molecule has 0 N–H and O–H groups in total. The first kappa shape index (κ1) is 11.2. The number of hydrogen-bond acceptors (Lipinski definition) is 3. The highest BCUT2D eigenvalue weighted by atomic mass is 35.5. The van der Waals surface area contributed by atoms with Crippen molar-refractivity contribution in [1.82, 2.24) is 4.98 Å². The summed E-state index contributed by atoms with van der Waals surface area (Å²) < 4.78 is 12.9. The molecule has 0 radical (unpaired) electrons. The van der Waals surface area contributed by atoms with Gasteiger partial charge >= 0.3 is 0 Å². The van der Waals surface area contributed by atoms with Crippen LogP contribution in [0, 0.1) is 12.7 Å². The molecular formula is C11H7ClFNOS. The van der Waals surface area contributed by atoms with Crippen molar-refractivity contribution in [1.29, 1.82) is 0 Å². The standard InChI is InChI=1S/C11H7ClFNOS/c1-6-10(5-15)14-11(16-6)8-3-2-7(13)4-9(8)12/h2-5H,1H3. The van der Waals surface area contributed by atoms with Crippen LogP contribution in [0.5, 0.6) is 0 Å². The van der Waals surface area contributed by atoms with Gasteiger partial charge in [-0.25, -0.2) is 9.37 Å². The minimum Gasteiger partial charge on any atom is -0.296 e. The molecule has 2 nitrogen and oxygen atoms in total. The second kappa shape index (κ2) is 4.31. The van der Waals surface area contributed by atoms with Gasteiger partial charge in [-0.05, 0) is 25.1 Å². The Hall–Kier alpha value is -1.26. The third-order valence-electron chi connectivity index (χ3n) is 2.11. The zero-order chi connectivity index (χ0) is 11.7. The van der Waals surface area contributed by atoms with Gasteiger partial charge in [-0.1, -0.05) is 11.6 Å². The number of halogens is 2. The van der Waals surface area contributed by atoms with E-state index in [4.69, 9.17) is 11.6 Å². The van der Waals surface area contributed by atoms with Crippen LogP contribution in [0.2, 0.25) is 5.02 Å². The highest BCUT2D eigenvalue weighted by Gasteiger charge is 2.11. The van der Waals surface area contributed by atoms with Gasteiger partial charge in [0.25, 0.3) is 0 Å². The van der Waals surface area contributed by atoms with Crippen LogP contribution in [0.15, 0.2) is 18.2 Å². The van der Waals surface area contributed by atoms with Gasteiger partial charge in [0.2, 0.25) is 0 Å². The topological polar surface area (TPSA) is 30.0 Å². The lowest BCUT2D eigenvalue weighted by Crippen LogP contribution is -1.84. The van der Waals surface area contributed by atoms with Crippen molar-refractivity contribution in [2.45, 2.75) is 6.92 Å². The number of aldehydes is 1. The molecule has 0 atom stereocenters. The quantitative estimate of drug-likeness (QED) is 0.766. The molecule has 5 heteroatoms. The van der Waals surface area contributed by atoms with Crippen molar-refractivity contribution in [3.63, 3.8) is 0 Å². The first-order valence-electron chi connectivity index (χ1n) is 4.50. The summed E-state index contributed by atoms with van der Waals surface area (Å²) in [4.78, 5) is 15.6. The second-order valence-corrected chi connectivity index (χ2v) is 4.81. The van der Waals surface area contributed by atoms with Gasteiger partial charge < -0.3 is 0 Å². The van der Waals surface area contributed by atoms with E-state index in [-0.39, 0.29) is 0 Å². The smallest absolute Gasteiger partial charge is 0.169 e. The van der Waals surface area contributed by atoms with Crippen LogP contribution in [0.3, 0.4) is 0 Å². The fourth-order valence-electron chi connectivity index (χ4n) is 1.30. The summed E-state index contributed by atoms with van der Waals surface area (Å²) >= 11 is 7.27. The summed E-state index contributed by atoms with van der Waals surface area (Å²) in [5, 5.41) is 0.927. The lowest BCUT2D eigenvalue weighted by Gasteiger charge is -1.99. The maximum absolute atomic E-state index is 12.9. The Morgan fingerprint density at radius 2 is 2.25 bits per heavy atom. The number of nitrogens with zero attached hydrogens (tertiary/aromatic N) is 1. The van der Waals surface area contributed by atoms with Crippen LogP contribution in [-0.2, 0) is 0 Å². The lowest BCUT2D eigenvalue weighted by molar-refractivity contribution is 0.111. The Bertz CT molecular complexity index is 553. The number of carbonyl (C=O) groups excluding carboxylic acids is 1. The normalized spacial score (nSPS) is 10.4. The molecule has 0 spiro atoms. The van der Waals surface area contributed by atoms with Crippen molar-refractivity contribution in [3.05, 3.63) is 39.6 Å². The van der Waals surface area contributed by atoms with Gasteiger partial charge in [-0.15, -0.1) is 11.3 Å². The van der Waals surface area contributed by atoms with Crippen molar-refractivity contribution in [3.8, 4) is 10.6 Å². The highest BCUT2D eigenvalue weighted by molar-refractivity contribution is 7.15. The van der Waals surface area contributed by atoms with Gasteiger partial charge in [0.1, 0.15) is 16.5 Å². The Balaban J connectivity index is 2.54. The van der Waals surface area contributed by atoms with Crippen LogP contribution in [-0.4, -0.2) is 11.3 Å². The molecule has 16 heavy (non-hydrogen) atoms. The van der Waals surface area contributed by atoms with E-state index in [1.807, 2.05) is 6.92 Å². The summed E-state index contributed by atoms with van der Waals surface area (Å²) in [5.41, 5.74) is 1.05. The first-order valence-corrected chi connectivity index (χ1v) is 5.69. The van der Waals surface area contributed by atoms with Crippen molar-refractivity contribution < 1.29 is 9.18 Å². The van der Waals surface area contributed by atoms with Gasteiger partial charge in [-0.2, -0.15) is 0 Å². The molecule has 0 bridgehead atoms. The fraction of sp³-hybridized carbons (Fsp3) is 0.0909. The molecular weight excluding hydrogens is 249 g/mol. The number of aryl methyl sites for hydroxylation is 1. The Labute approximate surface area is 101 Å². The van der Waals surface area contributed by atoms with Crippen molar-refractivity contribution in [2.75, 3.05) is 0 Å². The molecule has 0 unspecified atom stereocenters. The number of rotatable bonds is 2. The van der Waals surface area contributed by atoms with Crippen molar-refractivity contribution >= 4 is 29.2 Å². The van der Waals surface area contributed by atoms with Crippen LogP contribution in [0.1, 0.15) is 15.4 Å². The van der Waals surface area contributed by atoms with E-state index in [0.717, 1.165) is 4.88 Å². The minimum atomic E-state index is -0.391. The number of hydrogen-bond donors (Lipinski definition) is 0. The largest absolute Gasteiger partial charge is 0.296 e. The van der Waals surface area contributed by atoms with Gasteiger partial charge in [0.15, 0.2) is 6.29 Å². The third-order valence-corrected chi connectivity index (χ3v) is 3.44. The number of benzene rings is 1. The SMILES string of the molecule is Cc1sc(-c2ccc(F)cc2Cl)nc1C=O. The van der Waals surface area contributed by atoms with Gasteiger partial charge in [-0.3, -0.25) is 4.79 Å². The average molecular weight is 256 g/mol. The minimum absolute atomic E-state index is 0.297. The van der Waals surface area contributed by atoms with E-state index in [1.165, 1.54) is 23.5 Å². The molecule has 0 fully saturated rings. The number of carbonyl (C=O) groups is 1. The highest BCUT2D eigenvalue weighted by Crippen LogP contribution is 2.32. The maximum Gasteiger partial charge on any atom is 0.169 e. The zero-order valence-corrected chi connectivity index (χ0v) is 9.90. The predicted octanol–water partition coefficient (Wildman–Crippen LogP) is 3.72. The van der Waals surface area contributed by atoms with Crippen LogP contribution in [0.4, 0.5) is 4.39 Å². The Kier molecular flexibility index (Phi) is 3.03. The summed E-state index contributed by atoms with van der Waals surface area (Å²) in [6.45, 7) is 1.81. The molecule has 82 valence electrons. The Morgan fingerprint density at radius 3 is 2.81 bits per heavy atom. The molecule has 0 saturated heterocycles. The van der Waals surface area contributed by atoms with E-state index in [2.05, 4.69) is 4.98 Å². The third kappa shape index (κ3) is 1.99. The van der Waals surface area contributed by atoms with Crippen LogP contribution < -0.4 is 0 Å². The molecule has 0 saturated carbocycles. The molecule has 0 amide bonds. The number of aromatic nitrogens is 1. The maximum atomic E-state index is 12.9.